The lowest BCUT2D eigenvalue weighted by atomic mass is 10.1. The lowest BCUT2D eigenvalue weighted by Crippen LogP contribution is -2.39. The number of hydrogen-bond donors (Lipinski definition) is 2. The Labute approximate surface area is 119 Å². The molecule has 0 unspecified atom stereocenters. The largest absolute Gasteiger partial charge is 0.323 e. The quantitative estimate of drug-likeness (QED) is 0.825. The van der Waals surface area contributed by atoms with Crippen molar-refractivity contribution in [3.63, 3.8) is 0 Å². The zero-order valence-electron chi connectivity index (χ0n) is 9.43. The molecule has 0 aliphatic rings. The van der Waals surface area contributed by atoms with Gasteiger partial charge in [0, 0.05) is 4.47 Å². The van der Waals surface area contributed by atoms with E-state index in [-0.39, 0.29) is 11.8 Å². The molecule has 0 heterocycles. The first kappa shape index (κ1) is 14.8. The highest BCUT2D eigenvalue weighted by Gasteiger charge is 2.19. The Bertz CT molecular complexity index is 438. The van der Waals surface area contributed by atoms with Gasteiger partial charge in [-0.2, -0.15) is 0 Å². The van der Waals surface area contributed by atoms with Crippen LogP contribution in [0.25, 0.3) is 0 Å². The average molecular weight is 340 g/mol. The minimum absolute atomic E-state index is 0.0553. The number of anilines is 1. The summed E-state index contributed by atoms with van der Waals surface area (Å²) in [6.07, 6.45) is 0. The van der Waals surface area contributed by atoms with Gasteiger partial charge < -0.3 is 11.1 Å². The fourth-order valence-corrected chi connectivity index (χ4v) is 1.96. The molecule has 1 aromatic rings. The van der Waals surface area contributed by atoms with Crippen molar-refractivity contribution in [3.05, 3.63) is 26.7 Å². The van der Waals surface area contributed by atoms with Crippen LogP contribution in [-0.2, 0) is 4.79 Å². The monoisotopic (exact) mass is 338 g/mol. The summed E-state index contributed by atoms with van der Waals surface area (Å²) in [6.45, 7) is 3.75. The summed E-state index contributed by atoms with van der Waals surface area (Å²) in [7, 11) is 0. The van der Waals surface area contributed by atoms with Gasteiger partial charge in [-0.15, -0.1) is 0 Å². The van der Waals surface area contributed by atoms with Gasteiger partial charge in [-0.05, 0) is 34.0 Å². The molecular formula is C11H13BrCl2N2O. The van der Waals surface area contributed by atoms with Crippen LogP contribution in [0.4, 0.5) is 5.69 Å². The topological polar surface area (TPSA) is 55.1 Å². The number of benzene rings is 1. The van der Waals surface area contributed by atoms with E-state index in [2.05, 4.69) is 21.2 Å². The number of carbonyl (C=O) groups excluding carboxylic acids is 1. The molecule has 0 aliphatic carbocycles. The van der Waals surface area contributed by atoms with E-state index in [1.165, 1.54) is 0 Å². The minimum Gasteiger partial charge on any atom is -0.323 e. The number of halogens is 3. The Balaban J connectivity index is 2.90. The van der Waals surface area contributed by atoms with Crippen LogP contribution in [0.5, 0.6) is 0 Å². The second-order valence-electron chi connectivity index (χ2n) is 3.98. The zero-order valence-corrected chi connectivity index (χ0v) is 12.5. The highest BCUT2D eigenvalue weighted by molar-refractivity contribution is 9.10. The van der Waals surface area contributed by atoms with Crippen molar-refractivity contribution >= 4 is 50.7 Å². The molecule has 0 radical (unpaired) electrons. The third kappa shape index (κ3) is 3.58. The van der Waals surface area contributed by atoms with E-state index in [0.717, 1.165) is 0 Å². The zero-order chi connectivity index (χ0) is 13.2. The highest BCUT2D eigenvalue weighted by atomic mass is 79.9. The second-order valence-corrected chi connectivity index (χ2v) is 5.59. The van der Waals surface area contributed by atoms with Gasteiger partial charge in [0.2, 0.25) is 5.91 Å². The van der Waals surface area contributed by atoms with Crippen LogP contribution in [0.1, 0.15) is 13.8 Å². The number of rotatable bonds is 3. The molecular weight excluding hydrogens is 327 g/mol. The third-order valence-electron chi connectivity index (χ3n) is 2.31. The Morgan fingerprint density at radius 3 is 2.47 bits per heavy atom. The molecule has 0 aromatic heterocycles. The Hall–Kier alpha value is -0.290. The highest BCUT2D eigenvalue weighted by Crippen LogP contribution is 2.35. The van der Waals surface area contributed by atoms with Gasteiger partial charge in [0.1, 0.15) is 0 Å². The molecule has 1 atom stereocenters. The maximum Gasteiger partial charge on any atom is 0.241 e. The van der Waals surface area contributed by atoms with Crippen LogP contribution >= 0.6 is 39.1 Å². The summed E-state index contributed by atoms with van der Waals surface area (Å²) in [5, 5.41) is 3.32. The van der Waals surface area contributed by atoms with E-state index in [0.29, 0.717) is 20.2 Å². The van der Waals surface area contributed by atoms with Crippen molar-refractivity contribution < 1.29 is 4.79 Å². The molecule has 3 N–H and O–H groups in total. The molecule has 1 amide bonds. The standard InChI is InChI=1S/C11H13BrCl2N2O/c1-5(2)10(15)11(17)16-7-4-3-6(12)8(13)9(7)14/h3-5,10H,15H2,1-2H3,(H,16,17)/t10-/m1/s1. The van der Waals surface area contributed by atoms with Crippen molar-refractivity contribution in [2.24, 2.45) is 11.7 Å². The Kier molecular flexibility index (Phi) is 5.25. The van der Waals surface area contributed by atoms with Gasteiger partial charge >= 0.3 is 0 Å². The maximum absolute atomic E-state index is 11.8. The first-order chi connectivity index (χ1) is 7.84. The average Bonchev–Trinajstić information content (AvgIpc) is 2.28. The van der Waals surface area contributed by atoms with E-state index in [1.807, 2.05) is 13.8 Å². The molecule has 6 heteroatoms. The van der Waals surface area contributed by atoms with Crippen molar-refractivity contribution in [3.8, 4) is 0 Å². The number of nitrogens with one attached hydrogen (secondary N) is 1. The summed E-state index contributed by atoms with van der Waals surface area (Å²) in [5.41, 5.74) is 6.19. The fourth-order valence-electron chi connectivity index (χ4n) is 1.14. The van der Waals surface area contributed by atoms with Crippen molar-refractivity contribution in [1.29, 1.82) is 0 Å². The molecule has 3 nitrogen and oxygen atoms in total. The predicted octanol–water partition coefficient (Wildman–Crippen LogP) is 3.68. The van der Waals surface area contributed by atoms with Gasteiger partial charge in [-0.3, -0.25) is 4.79 Å². The SMILES string of the molecule is CC(C)[C@@H](N)C(=O)Nc1ccc(Br)c(Cl)c1Cl. The first-order valence-electron chi connectivity index (χ1n) is 5.04. The van der Waals surface area contributed by atoms with Crippen LogP contribution in [0, 0.1) is 5.92 Å². The second kappa shape index (κ2) is 6.05. The minimum atomic E-state index is -0.575. The Morgan fingerprint density at radius 2 is 1.94 bits per heavy atom. The molecule has 0 saturated heterocycles. The van der Waals surface area contributed by atoms with E-state index in [9.17, 15) is 4.79 Å². The molecule has 1 aromatic carbocycles. The van der Waals surface area contributed by atoms with Crippen molar-refractivity contribution in [2.75, 3.05) is 5.32 Å². The van der Waals surface area contributed by atoms with Crippen LogP contribution in [-0.4, -0.2) is 11.9 Å². The molecule has 1 rings (SSSR count). The van der Waals surface area contributed by atoms with E-state index >= 15 is 0 Å². The first-order valence-corrected chi connectivity index (χ1v) is 6.59. The molecule has 0 aliphatic heterocycles. The lowest BCUT2D eigenvalue weighted by Gasteiger charge is -2.16. The van der Waals surface area contributed by atoms with E-state index in [4.69, 9.17) is 28.9 Å². The molecule has 0 spiro atoms. The van der Waals surface area contributed by atoms with Crippen LogP contribution in [0.15, 0.2) is 16.6 Å². The van der Waals surface area contributed by atoms with Gasteiger partial charge in [-0.25, -0.2) is 0 Å². The molecule has 0 bridgehead atoms. The van der Waals surface area contributed by atoms with E-state index < -0.39 is 6.04 Å². The molecule has 0 saturated carbocycles. The maximum atomic E-state index is 11.8. The Morgan fingerprint density at radius 1 is 1.35 bits per heavy atom. The van der Waals surface area contributed by atoms with Crippen LogP contribution in [0.2, 0.25) is 10.0 Å². The number of nitrogens with two attached hydrogens (primary N) is 1. The van der Waals surface area contributed by atoms with Crippen LogP contribution < -0.4 is 11.1 Å². The van der Waals surface area contributed by atoms with Gasteiger partial charge in [0.15, 0.2) is 0 Å². The predicted molar refractivity (Wildman–Crippen MR) is 75.6 cm³/mol. The number of carbonyl (C=O) groups is 1. The van der Waals surface area contributed by atoms with Crippen LogP contribution in [0.3, 0.4) is 0 Å². The molecule has 0 fully saturated rings. The molecule has 94 valence electrons. The summed E-state index contributed by atoms with van der Waals surface area (Å²) < 4.78 is 0.676. The van der Waals surface area contributed by atoms with Gasteiger partial charge in [0.25, 0.3) is 0 Å². The third-order valence-corrected chi connectivity index (χ3v) is 4.09. The lowest BCUT2D eigenvalue weighted by molar-refractivity contribution is -0.118. The van der Waals surface area contributed by atoms with Crippen molar-refractivity contribution in [1.82, 2.24) is 0 Å². The smallest absolute Gasteiger partial charge is 0.241 e. The van der Waals surface area contributed by atoms with E-state index in [1.54, 1.807) is 12.1 Å². The summed E-state index contributed by atoms with van der Waals surface area (Å²) in [6, 6.07) is 2.81. The molecule has 17 heavy (non-hydrogen) atoms. The van der Waals surface area contributed by atoms with Gasteiger partial charge in [-0.1, -0.05) is 37.0 Å². The van der Waals surface area contributed by atoms with Crippen molar-refractivity contribution in [2.45, 2.75) is 19.9 Å². The normalized spacial score (nSPS) is 12.6. The summed E-state index contributed by atoms with van der Waals surface area (Å²) in [4.78, 5) is 11.8. The van der Waals surface area contributed by atoms with Gasteiger partial charge in [0.05, 0.1) is 21.8 Å². The summed E-state index contributed by atoms with van der Waals surface area (Å²) >= 11 is 15.2. The number of hydrogen-bond acceptors (Lipinski definition) is 2. The number of amides is 1. The fraction of sp³-hybridized carbons (Fsp3) is 0.364. The summed E-state index contributed by atoms with van der Waals surface area (Å²) in [5.74, 6) is -0.222.